The fourth-order valence-electron chi connectivity index (χ4n) is 1.69. The van der Waals surface area contributed by atoms with E-state index in [1.807, 2.05) is 6.92 Å². The van der Waals surface area contributed by atoms with Crippen LogP contribution in [0.5, 0.6) is 0 Å². The molecule has 1 aromatic rings. The van der Waals surface area contributed by atoms with Crippen LogP contribution in [-0.2, 0) is 4.79 Å². The maximum absolute atomic E-state index is 11.7. The van der Waals surface area contributed by atoms with E-state index in [0.29, 0.717) is 11.6 Å². The smallest absolute Gasteiger partial charge is 0.337 e. The number of nitrogens with one attached hydrogen (secondary N) is 1. The Bertz CT molecular complexity index is 487. The second-order valence-electron chi connectivity index (χ2n) is 4.31. The number of carboxylic acids is 1. The monoisotopic (exact) mass is 253 g/mol. The molecule has 0 radical (unpaired) electrons. The topological polar surface area (TPSA) is 66.4 Å². The van der Waals surface area contributed by atoms with Crippen LogP contribution in [0.4, 0.5) is 5.69 Å². The Balaban J connectivity index is 2.14. The van der Waals surface area contributed by atoms with Gasteiger partial charge in [-0.3, -0.25) is 4.79 Å². The van der Waals surface area contributed by atoms with Gasteiger partial charge in [0, 0.05) is 11.6 Å². The van der Waals surface area contributed by atoms with Gasteiger partial charge in [-0.25, -0.2) is 4.79 Å². The molecule has 0 saturated heterocycles. The van der Waals surface area contributed by atoms with Gasteiger partial charge in [0.15, 0.2) is 0 Å². The number of carboxylic acid groups (broad SMARTS) is 1. The fourth-order valence-corrected chi connectivity index (χ4v) is 1.89. The summed E-state index contributed by atoms with van der Waals surface area (Å²) in [5.41, 5.74) is 0.462. The van der Waals surface area contributed by atoms with E-state index in [-0.39, 0.29) is 22.4 Å². The number of amides is 1. The van der Waals surface area contributed by atoms with Crippen molar-refractivity contribution in [2.24, 2.45) is 11.8 Å². The molecule has 90 valence electrons. The molecule has 0 aliphatic heterocycles. The van der Waals surface area contributed by atoms with Crippen LogP contribution in [0.25, 0.3) is 0 Å². The molecule has 17 heavy (non-hydrogen) atoms. The molecule has 1 saturated carbocycles. The SMILES string of the molecule is CC1CC1C(=O)Nc1ccc(Cl)c(C(=O)O)c1. The zero-order valence-electron chi connectivity index (χ0n) is 9.24. The van der Waals surface area contributed by atoms with E-state index in [1.54, 1.807) is 6.07 Å². The molecule has 2 N–H and O–H groups in total. The molecule has 2 unspecified atom stereocenters. The van der Waals surface area contributed by atoms with Crippen molar-refractivity contribution in [2.75, 3.05) is 5.32 Å². The highest BCUT2D eigenvalue weighted by Crippen LogP contribution is 2.38. The number of carbonyl (C=O) groups is 2. The summed E-state index contributed by atoms with van der Waals surface area (Å²) in [4.78, 5) is 22.5. The van der Waals surface area contributed by atoms with Crippen LogP contribution in [-0.4, -0.2) is 17.0 Å². The first-order valence-corrected chi connectivity index (χ1v) is 5.70. The number of hydrogen-bond acceptors (Lipinski definition) is 2. The number of aromatic carboxylic acids is 1. The Kier molecular flexibility index (Phi) is 3.07. The maximum atomic E-state index is 11.7. The summed E-state index contributed by atoms with van der Waals surface area (Å²) in [6.45, 7) is 2.01. The Morgan fingerprint density at radius 2 is 2.12 bits per heavy atom. The van der Waals surface area contributed by atoms with Crippen LogP contribution in [0.15, 0.2) is 18.2 Å². The van der Waals surface area contributed by atoms with Gasteiger partial charge in [-0.05, 0) is 30.5 Å². The van der Waals surface area contributed by atoms with Crippen molar-refractivity contribution < 1.29 is 14.7 Å². The zero-order chi connectivity index (χ0) is 12.6. The van der Waals surface area contributed by atoms with Crippen molar-refractivity contribution >= 4 is 29.2 Å². The molecule has 1 aliphatic carbocycles. The zero-order valence-corrected chi connectivity index (χ0v) is 9.99. The molecule has 1 aliphatic rings. The lowest BCUT2D eigenvalue weighted by molar-refractivity contribution is -0.117. The molecule has 2 rings (SSSR count). The molecule has 1 fully saturated rings. The van der Waals surface area contributed by atoms with E-state index < -0.39 is 5.97 Å². The van der Waals surface area contributed by atoms with Gasteiger partial charge >= 0.3 is 5.97 Å². The number of hydrogen-bond donors (Lipinski definition) is 2. The number of benzene rings is 1. The first-order valence-electron chi connectivity index (χ1n) is 5.32. The van der Waals surface area contributed by atoms with Crippen molar-refractivity contribution in [3.63, 3.8) is 0 Å². The molecule has 5 heteroatoms. The number of halogens is 1. The largest absolute Gasteiger partial charge is 0.478 e. The summed E-state index contributed by atoms with van der Waals surface area (Å²) >= 11 is 5.73. The second-order valence-corrected chi connectivity index (χ2v) is 4.72. The molecule has 2 atom stereocenters. The Hall–Kier alpha value is -1.55. The minimum atomic E-state index is -1.11. The summed E-state index contributed by atoms with van der Waals surface area (Å²) < 4.78 is 0. The van der Waals surface area contributed by atoms with Crippen molar-refractivity contribution in [2.45, 2.75) is 13.3 Å². The van der Waals surface area contributed by atoms with Crippen LogP contribution < -0.4 is 5.32 Å². The first kappa shape index (κ1) is 11.9. The van der Waals surface area contributed by atoms with E-state index in [9.17, 15) is 9.59 Å². The average Bonchev–Trinajstić information content (AvgIpc) is 2.98. The standard InChI is InChI=1S/C12H12ClNO3/c1-6-4-8(6)11(15)14-7-2-3-10(13)9(5-7)12(16)17/h2-3,5-6,8H,4H2,1H3,(H,14,15)(H,16,17). The Labute approximate surface area is 104 Å². The molecular weight excluding hydrogens is 242 g/mol. The molecule has 4 nitrogen and oxygen atoms in total. The third-order valence-electron chi connectivity index (χ3n) is 2.91. The predicted molar refractivity (Wildman–Crippen MR) is 64.3 cm³/mol. The Morgan fingerprint density at radius 1 is 1.47 bits per heavy atom. The van der Waals surface area contributed by atoms with Crippen LogP contribution >= 0.6 is 11.6 Å². The normalized spacial score (nSPS) is 22.0. The van der Waals surface area contributed by atoms with E-state index in [2.05, 4.69) is 5.32 Å². The lowest BCUT2D eigenvalue weighted by Gasteiger charge is -2.06. The van der Waals surface area contributed by atoms with E-state index in [1.165, 1.54) is 12.1 Å². The van der Waals surface area contributed by atoms with Gasteiger partial charge in [0.2, 0.25) is 5.91 Å². The number of anilines is 1. The molecule has 0 bridgehead atoms. The van der Waals surface area contributed by atoms with Crippen molar-refractivity contribution in [1.29, 1.82) is 0 Å². The van der Waals surface area contributed by atoms with Crippen LogP contribution in [0.2, 0.25) is 5.02 Å². The molecule has 0 heterocycles. The fraction of sp³-hybridized carbons (Fsp3) is 0.333. The second kappa shape index (κ2) is 4.37. The highest BCUT2D eigenvalue weighted by Gasteiger charge is 2.39. The molecular formula is C12H12ClNO3. The minimum Gasteiger partial charge on any atom is -0.478 e. The third-order valence-corrected chi connectivity index (χ3v) is 3.24. The summed E-state index contributed by atoms with van der Waals surface area (Å²) in [7, 11) is 0. The van der Waals surface area contributed by atoms with Gasteiger partial charge in [0.1, 0.15) is 0 Å². The number of rotatable bonds is 3. The highest BCUT2D eigenvalue weighted by atomic mass is 35.5. The van der Waals surface area contributed by atoms with Crippen LogP contribution in [0.1, 0.15) is 23.7 Å². The highest BCUT2D eigenvalue weighted by molar-refractivity contribution is 6.33. The average molecular weight is 254 g/mol. The van der Waals surface area contributed by atoms with Crippen LogP contribution in [0.3, 0.4) is 0 Å². The molecule has 1 aromatic carbocycles. The molecule has 0 aromatic heterocycles. The Morgan fingerprint density at radius 3 is 2.65 bits per heavy atom. The summed E-state index contributed by atoms with van der Waals surface area (Å²) in [6.07, 6.45) is 0.894. The quantitative estimate of drug-likeness (QED) is 0.870. The number of carbonyl (C=O) groups excluding carboxylic acids is 1. The lowest BCUT2D eigenvalue weighted by Crippen LogP contribution is -2.14. The predicted octanol–water partition coefficient (Wildman–Crippen LogP) is 2.63. The third kappa shape index (κ3) is 2.58. The van der Waals surface area contributed by atoms with Gasteiger partial charge in [-0.2, -0.15) is 0 Å². The van der Waals surface area contributed by atoms with Gasteiger partial charge in [0.05, 0.1) is 10.6 Å². The van der Waals surface area contributed by atoms with Crippen molar-refractivity contribution in [3.8, 4) is 0 Å². The van der Waals surface area contributed by atoms with Gasteiger partial charge in [-0.1, -0.05) is 18.5 Å². The van der Waals surface area contributed by atoms with Crippen molar-refractivity contribution in [3.05, 3.63) is 28.8 Å². The summed E-state index contributed by atoms with van der Waals surface area (Å²) in [5, 5.41) is 11.7. The molecule has 1 amide bonds. The van der Waals surface area contributed by atoms with E-state index in [4.69, 9.17) is 16.7 Å². The lowest BCUT2D eigenvalue weighted by atomic mass is 10.2. The first-order chi connectivity index (χ1) is 7.99. The van der Waals surface area contributed by atoms with Gasteiger partial charge < -0.3 is 10.4 Å². The maximum Gasteiger partial charge on any atom is 0.337 e. The summed E-state index contributed by atoms with van der Waals surface area (Å²) in [6, 6.07) is 4.44. The van der Waals surface area contributed by atoms with Gasteiger partial charge in [-0.15, -0.1) is 0 Å². The van der Waals surface area contributed by atoms with Crippen molar-refractivity contribution in [1.82, 2.24) is 0 Å². The summed E-state index contributed by atoms with van der Waals surface area (Å²) in [5.74, 6) is -0.692. The van der Waals surface area contributed by atoms with E-state index in [0.717, 1.165) is 6.42 Å². The molecule has 0 spiro atoms. The van der Waals surface area contributed by atoms with Gasteiger partial charge in [0.25, 0.3) is 0 Å². The van der Waals surface area contributed by atoms with Crippen LogP contribution in [0, 0.1) is 11.8 Å². The minimum absolute atomic E-state index is 0.00619. The van der Waals surface area contributed by atoms with E-state index >= 15 is 0 Å².